The van der Waals surface area contributed by atoms with Crippen LogP contribution in [0, 0.1) is 17.1 Å². The number of ether oxygens (including phenoxy) is 2. The van der Waals surface area contributed by atoms with Gasteiger partial charge < -0.3 is 14.6 Å². The summed E-state index contributed by atoms with van der Waals surface area (Å²) in [4.78, 5) is 11.1. The number of rotatable bonds is 6. The third-order valence-electron chi connectivity index (χ3n) is 6.42. The van der Waals surface area contributed by atoms with E-state index >= 15 is 0 Å². The van der Waals surface area contributed by atoms with Gasteiger partial charge in [0.25, 0.3) is 0 Å². The van der Waals surface area contributed by atoms with Crippen molar-refractivity contribution in [2.75, 3.05) is 6.61 Å². The largest absolute Gasteiger partial charge is 0.492 e. The van der Waals surface area contributed by atoms with Gasteiger partial charge in [0, 0.05) is 23.1 Å². The van der Waals surface area contributed by atoms with Crippen molar-refractivity contribution in [1.82, 2.24) is 0 Å². The Balaban J connectivity index is 1.36. The van der Waals surface area contributed by atoms with Crippen LogP contribution in [0.2, 0.25) is 0 Å². The van der Waals surface area contributed by atoms with Crippen LogP contribution in [0.4, 0.5) is 4.39 Å². The molecule has 2 aliphatic rings. The van der Waals surface area contributed by atoms with Gasteiger partial charge in [-0.25, -0.2) is 4.39 Å². The summed E-state index contributed by atoms with van der Waals surface area (Å²) in [6.45, 7) is 0.338. The Kier molecular flexibility index (Phi) is 5.47. The molecule has 3 aromatic rings. The van der Waals surface area contributed by atoms with E-state index in [1.54, 1.807) is 24.3 Å². The van der Waals surface area contributed by atoms with Gasteiger partial charge in [0.05, 0.1) is 24.7 Å². The molecule has 0 spiro atoms. The molecule has 0 amide bonds. The fourth-order valence-electron chi connectivity index (χ4n) is 4.82. The standard InChI is InChI=1S/C27H22FNO4/c28-23-9-5-18(11-16-1-3-17(14-29)4-2-16)22-8-10-24(27(22)23)33-20-6-7-21-19(12-26(30)31)15-32-25(21)13-20/h1-7,9,13,19,24H,8,10-12,15H2,(H,30,31)/t19-,24-/m1/s1. The van der Waals surface area contributed by atoms with Gasteiger partial charge in [-0.1, -0.05) is 24.3 Å². The Morgan fingerprint density at radius 1 is 1.18 bits per heavy atom. The van der Waals surface area contributed by atoms with Crippen molar-refractivity contribution in [3.8, 4) is 17.6 Å². The lowest BCUT2D eigenvalue weighted by Crippen LogP contribution is -2.07. The normalized spacial score (nSPS) is 18.2. The first kappa shape index (κ1) is 21.0. The average Bonchev–Trinajstić information content (AvgIpc) is 3.41. The number of carboxylic acid groups (broad SMARTS) is 1. The molecule has 1 N–H and O–H groups in total. The second-order valence-corrected chi connectivity index (χ2v) is 8.53. The molecule has 0 saturated carbocycles. The van der Waals surface area contributed by atoms with E-state index in [0.29, 0.717) is 42.1 Å². The van der Waals surface area contributed by atoms with Crippen molar-refractivity contribution < 1.29 is 23.8 Å². The lowest BCUT2D eigenvalue weighted by molar-refractivity contribution is -0.137. The zero-order valence-electron chi connectivity index (χ0n) is 17.9. The number of halogens is 1. The van der Waals surface area contributed by atoms with E-state index in [1.807, 2.05) is 24.3 Å². The number of nitrogens with zero attached hydrogens (tertiary/aromatic N) is 1. The van der Waals surface area contributed by atoms with E-state index in [-0.39, 0.29) is 18.2 Å². The first-order chi connectivity index (χ1) is 16.0. The highest BCUT2D eigenvalue weighted by Crippen LogP contribution is 2.42. The van der Waals surface area contributed by atoms with Crippen molar-refractivity contribution >= 4 is 5.97 Å². The number of fused-ring (bicyclic) bond motifs is 2. The van der Waals surface area contributed by atoms with E-state index in [2.05, 4.69) is 6.07 Å². The number of hydrogen-bond donors (Lipinski definition) is 1. The highest BCUT2D eigenvalue weighted by atomic mass is 19.1. The molecule has 0 saturated heterocycles. The molecule has 33 heavy (non-hydrogen) atoms. The molecule has 0 radical (unpaired) electrons. The minimum atomic E-state index is -0.855. The molecular weight excluding hydrogens is 421 g/mol. The summed E-state index contributed by atoms with van der Waals surface area (Å²) in [5.41, 5.74) is 5.21. The lowest BCUT2D eigenvalue weighted by atomic mass is 9.96. The van der Waals surface area contributed by atoms with Gasteiger partial charge in [-0.3, -0.25) is 4.79 Å². The molecule has 1 aliphatic carbocycles. The van der Waals surface area contributed by atoms with E-state index in [9.17, 15) is 9.18 Å². The van der Waals surface area contributed by atoms with Crippen LogP contribution in [0.25, 0.3) is 0 Å². The molecule has 0 bridgehead atoms. The highest BCUT2D eigenvalue weighted by molar-refractivity contribution is 5.68. The quantitative estimate of drug-likeness (QED) is 0.559. The molecule has 5 nitrogen and oxygen atoms in total. The number of carbonyl (C=O) groups is 1. The summed E-state index contributed by atoms with van der Waals surface area (Å²) in [6, 6.07) is 18.3. The summed E-state index contributed by atoms with van der Waals surface area (Å²) in [6.07, 6.45) is 1.70. The summed E-state index contributed by atoms with van der Waals surface area (Å²) >= 11 is 0. The Morgan fingerprint density at radius 2 is 2.00 bits per heavy atom. The fourth-order valence-corrected chi connectivity index (χ4v) is 4.82. The van der Waals surface area contributed by atoms with Crippen LogP contribution < -0.4 is 9.47 Å². The minimum absolute atomic E-state index is 0.0242. The van der Waals surface area contributed by atoms with Crippen LogP contribution in [-0.4, -0.2) is 17.7 Å². The van der Waals surface area contributed by atoms with Crippen LogP contribution in [-0.2, 0) is 17.6 Å². The number of aliphatic carboxylic acids is 1. The van der Waals surface area contributed by atoms with Crippen LogP contribution in [0.1, 0.15) is 58.2 Å². The van der Waals surface area contributed by atoms with E-state index < -0.39 is 12.1 Å². The molecule has 1 heterocycles. The number of nitriles is 1. The second kappa shape index (κ2) is 8.59. The maximum atomic E-state index is 14.9. The van der Waals surface area contributed by atoms with Gasteiger partial charge in [-0.15, -0.1) is 0 Å². The SMILES string of the molecule is N#Cc1ccc(Cc2ccc(F)c3c2CC[C@H]3Oc2ccc3c(c2)OC[C@H]3CC(=O)O)cc1. The number of carboxylic acids is 1. The molecule has 0 unspecified atom stereocenters. The summed E-state index contributed by atoms with van der Waals surface area (Å²) in [5.74, 6) is -0.0749. The Morgan fingerprint density at radius 3 is 2.76 bits per heavy atom. The molecule has 0 aromatic heterocycles. The Hall–Kier alpha value is -3.85. The number of benzene rings is 3. The van der Waals surface area contributed by atoms with Gasteiger partial charge in [0.1, 0.15) is 23.4 Å². The maximum absolute atomic E-state index is 14.9. The predicted octanol–water partition coefficient (Wildman–Crippen LogP) is 5.31. The minimum Gasteiger partial charge on any atom is -0.492 e. The molecule has 0 fully saturated rings. The van der Waals surface area contributed by atoms with Gasteiger partial charge in [0.15, 0.2) is 0 Å². The first-order valence-electron chi connectivity index (χ1n) is 11.0. The van der Waals surface area contributed by atoms with Crippen molar-refractivity contribution in [3.63, 3.8) is 0 Å². The van der Waals surface area contributed by atoms with Crippen molar-refractivity contribution in [1.29, 1.82) is 5.26 Å². The summed E-state index contributed by atoms with van der Waals surface area (Å²) in [5, 5.41) is 18.1. The van der Waals surface area contributed by atoms with Crippen LogP contribution in [0.3, 0.4) is 0 Å². The Bertz CT molecular complexity index is 1260. The predicted molar refractivity (Wildman–Crippen MR) is 119 cm³/mol. The summed E-state index contributed by atoms with van der Waals surface area (Å²) in [7, 11) is 0. The molecule has 5 rings (SSSR count). The van der Waals surface area contributed by atoms with Gasteiger partial charge in [-0.2, -0.15) is 5.26 Å². The summed E-state index contributed by atoms with van der Waals surface area (Å²) < 4.78 is 26.7. The van der Waals surface area contributed by atoms with Crippen molar-refractivity contribution in [3.05, 3.63) is 93.8 Å². The molecular formula is C27H22FNO4. The third kappa shape index (κ3) is 4.14. The smallest absolute Gasteiger partial charge is 0.304 e. The van der Waals surface area contributed by atoms with Gasteiger partial charge in [-0.05, 0) is 60.2 Å². The zero-order chi connectivity index (χ0) is 22.9. The fraction of sp³-hybridized carbons (Fsp3) is 0.259. The first-order valence-corrected chi connectivity index (χ1v) is 11.0. The second-order valence-electron chi connectivity index (χ2n) is 8.53. The maximum Gasteiger partial charge on any atom is 0.304 e. The average molecular weight is 443 g/mol. The molecule has 1 aliphatic heterocycles. The molecule has 2 atom stereocenters. The Labute approximate surface area is 191 Å². The number of hydrogen-bond acceptors (Lipinski definition) is 4. The van der Waals surface area contributed by atoms with E-state index in [0.717, 1.165) is 28.7 Å². The monoisotopic (exact) mass is 443 g/mol. The van der Waals surface area contributed by atoms with Gasteiger partial charge in [0.2, 0.25) is 0 Å². The van der Waals surface area contributed by atoms with Crippen LogP contribution in [0.5, 0.6) is 11.5 Å². The topological polar surface area (TPSA) is 79.5 Å². The lowest BCUT2D eigenvalue weighted by Gasteiger charge is -2.17. The third-order valence-corrected chi connectivity index (χ3v) is 6.42. The molecule has 3 aromatic carbocycles. The molecule has 166 valence electrons. The highest BCUT2D eigenvalue weighted by Gasteiger charge is 2.31. The zero-order valence-corrected chi connectivity index (χ0v) is 17.9. The van der Waals surface area contributed by atoms with Crippen LogP contribution in [0.15, 0.2) is 54.6 Å². The van der Waals surface area contributed by atoms with Crippen molar-refractivity contribution in [2.45, 2.75) is 37.7 Å². The molecule has 6 heteroatoms. The van der Waals surface area contributed by atoms with E-state index in [1.165, 1.54) is 6.07 Å². The van der Waals surface area contributed by atoms with E-state index in [4.69, 9.17) is 19.8 Å². The van der Waals surface area contributed by atoms with Crippen LogP contribution >= 0.6 is 0 Å². The van der Waals surface area contributed by atoms with Gasteiger partial charge >= 0.3 is 5.97 Å². The van der Waals surface area contributed by atoms with Crippen molar-refractivity contribution in [2.24, 2.45) is 0 Å².